The molecule has 0 bridgehead atoms. The Bertz CT molecular complexity index is 626. The standard InChI is InChI=1S/C14H13ClN2O/c1-9-2-5-14(18)17(9)11-4-3-10-7-16-8-13(15)12(10)6-11/h3-4,6-9H,2,5H2,1H3. The molecule has 3 nitrogen and oxygen atoms in total. The quantitative estimate of drug-likeness (QED) is 0.787. The van der Waals surface area contributed by atoms with Crippen LogP contribution in [0.5, 0.6) is 0 Å². The first-order valence-electron chi connectivity index (χ1n) is 6.02. The molecule has 1 fully saturated rings. The number of hydrogen-bond donors (Lipinski definition) is 0. The minimum atomic E-state index is 0.187. The molecule has 1 aromatic carbocycles. The van der Waals surface area contributed by atoms with Crippen molar-refractivity contribution in [1.82, 2.24) is 4.98 Å². The highest BCUT2D eigenvalue weighted by Gasteiger charge is 2.28. The highest BCUT2D eigenvalue weighted by atomic mass is 35.5. The molecule has 1 saturated heterocycles. The van der Waals surface area contributed by atoms with E-state index >= 15 is 0 Å². The lowest BCUT2D eigenvalue weighted by atomic mass is 10.1. The second-order valence-corrected chi connectivity index (χ2v) is 5.09. The second kappa shape index (κ2) is 4.25. The zero-order valence-electron chi connectivity index (χ0n) is 10.1. The molecule has 3 rings (SSSR count). The van der Waals surface area contributed by atoms with Gasteiger partial charge < -0.3 is 4.90 Å². The number of halogens is 1. The van der Waals surface area contributed by atoms with Gasteiger partial charge in [-0.05, 0) is 25.5 Å². The zero-order chi connectivity index (χ0) is 12.7. The highest BCUT2D eigenvalue weighted by Crippen LogP contribution is 2.31. The van der Waals surface area contributed by atoms with Crippen LogP contribution in [0.3, 0.4) is 0 Å². The Hall–Kier alpha value is -1.61. The monoisotopic (exact) mass is 260 g/mol. The Morgan fingerprint density at radius 3 is 2.94 bits per heavy atom. The lowest BCUT2D eigenvalue weighted by Crippen LogP contribution is -2.30. The first-order chi connectivity index (χ1) is 8.66. The number of pyridine rings is 1. The smallest absolute Gasteiger partial charge is 0.227 e. The second-order valence-electron chi connectivity index (χ2n) is 4.68. The van der Waals surface area contributed by atoms with Crippen molar-refractivity contribution in [1.29, 1.82) is 0 Å². The number of rotatable bonds is 1. The van der Waals surface area contributed by atoms with Gasteiger partial charge in [-0.2, -0.15) is 0 Å². The summed E-state index contributed by atoms with van der Waals surface area (Å²) in [5.41, 5.74) is 0.922. The van der Waals surface area contributed by atoms with Gasteiger partial charge in [-0.3, -0.25) is 9.78 Å². The van der Waals surface area contributed by atoms with Crippen LogP contribution in [0.1, 0.15) is 19.8 Å². The molecule has 0 N–H and O–H groups in total. The van der Waals surface area contributed by atoms with Crippen molar-refractivity contribution in [2.24, 2.45) is 0 Å². The number of benzene rings is 1. The van der Waals surface area contributed by atoms with E-state index in [1.165, 1.54) is 0 Å². The number of fused-ring (bicyclic) bond motifs is 1. The fourth-order valence-electron chi connectivity index (χ4n) is 2.49. The van der Waals surface area contributed by atoms with Gasteiger partial charge in [0.25, 0.3) is 0 Å². The maximum Gasteiger partial charge on any atom is 0.227 e. The van der Waals surface area contributed by atoms with Crippen LogP contribution in [-0.4, -0.2) is 16.9 Å². The van der Waals surface area contributed by atoms with Gasteiger partial charge in [0.05, 0.1) is 5.02 Å². The van der Waals surface area contributed by atoms with Crippen molar-refractivity contribution >= 4 is 34.0 Å². The predicted octanol–water partition coefficient (Wildman–Crippen LogP) is 3.40. The summed E-state index contributed by atoms with van der Waals surface area (Å²) < 4.78 is 0. The highest BCUT2D eigenvalue weighted by molar-refractivity contribution is 6.35. The molecule has 0 radical (unpaired) electrons. The summed E-state index contributed by atoms with van der Waals surface area (Å²) in [6.07, 6.45) is 4.95. The van der Waals surface area contributed by atoms with Gasteiger partial charge in [0.1, 0.15) is 0 Å². The Kier molecular flexibility index (Phi) is 2.71. The van der Waals surface area contributed by atoms with Crippen molar-refractivity contribution < 1.29 is 4.79 Å². The molecule has 1 aromatic heterocycles. The van der Waals surface area contributed by atoms with Gasteiger partial charge in [-0.1, -0.05) is 17.7 Å². The number of amides is 1. The Morgan fingerprint density at radius 2 is 2.22 bits per heavy atom. The van der Waals surface area contributed by atoms with E-state index in [-0.39, 0.29) is 11.9 Å². The van der Waals surface area contributed by atoms with E-state index in [0.717, 1.165) is 22.9 Å². The van der Waals surface area contributed by atoms with Crippen molar-refractivity contribution in [2.75, 3.05) is 4.90 Å². The molecule has 2 heterocycles. The average Bonchev–Trinajstić information content (AvgIpc) is 2.69. The van der Waals surface area contributed by atoms with Crippen LogP contribution in [0.2, 0.25) is 5.02 Å². The molecule has 4 heteroatoms. The van der Waals surface area contributed by atoms with Crippen molar-refractivity contribution in [3.63, 3.8) is 0 Å². The third-order valence-corrected chi connectivity index (χ3v) is 3.76. The molecule has 1 amide bonds. The summed E-state index contributed by atoms with van der Waals surface area (Å²) in [5.74, 6) is 0.187. The lowest BCUT2D eigenvalue weighted by molar-refractivity contribution is -0.117. The molecule has 18 heavy (non-hydrogen) atoms. The van der Waals surface area contributed by atoms with Crippen LogP contribution in [0, 0.1) is 0 Å². The fraction of sp³-hybridized carbons (Fsp3) is 0.286. The summed E-state index contributed by atoms with van der Waals surface area (Å²) >= 11 is 6.14. The Labute approximate surface area is 110 Å². The molecule has 92 valence electrons. The zero-order valence-corrected chi connectivity index (χ0v) is 10.8. The summed E-state index contributed by atoms with van der Waals surface area (Å²) in [4.78, 5) is 17.8. The summed E-state index contributed by atoms with van der Waals surface area (Å²) in [5, 5.41) is 2.55. The van der Waals surface area contributed by atoms with Gasteiger partial charge in [-0.15, -0.1) is 0 Å². The molecular formula is C14H13ClN2O. The van der Waals surface area contributed by atoms with Crippen molar-refractivity contribution in [2.45, 2.75) is 25.8 Å². The topological polar surface area (TPSA) is 33.2 Å². The third-order valence-electron chi connectivity index (χ3n) is 3.46. The number of carbonyl (C=O) groups excluding carboxylic acids is 1. The van der Waals surface area contributed by atoms with Crippen LogP contribution < -0.4 is 4.90 Å². The van der Waals surface area contributed by atoms with E-state index in [1.807, 2.05) is 23.1 Å². The van der Waals surface area contributed by atoms with Crippen molar-refractivity contribution in [3.05, 3.63) is 35.6 Å². The van der Waals surface area contributed by atoms with Gasteiger partial charge in [-0.25, -0.2) is 0 Å². The van der Waals surface area contributed by atoms with Gasteiger partial charge in [0.2, 0.25) is 5.91 Å². The number of hydrogen-bond acceptors (Lipinski definition) is 2. The number of nitrogens with zero attached hydrogens (tertiary/aromatic N) is 2. The average molecular weight is 261 g/mol. The van der Waals surface area contributed by atoms with Gasteiger partial charge in [0, 0.05) is 41.3 Å². The van der Waals surface area contributed by atoms with E-state index in [1.54, 1.807) is 12.4 Å². The molecule has 2 aromatic rings. The van der Waals surface area contributed by atoms with E-state index < -0.39 is 0 Å². The molecule has 0 aliphatic carbocycles. The maximum absolute atomic E-state index is 11.9. The fourth-order valence-corrected chi connectivity index (χ4v) is 2.71. The minimum absolute atomic E-state index is 0.187. The Morgan fingerprint density at radius 1 is 1.39 bits per heavy atom. The molecular weight excluding hydrogens is 248 g/mol. The SMILES string of the molecule is CC1CCC(=O)N1c1ccc2cncc(Cl)c2c1. The van der Waals surface area contributed by atoms with Crippen LogP contribution in [0.25, 0.3) is 10.8 Å². The van der Waals surface area contributed by atoms with Crippen molar-refractivity contribution in [3.8, 4) is 0 Å². The molecule has 1 aliphatic rings. The van der Waals surface area contributed by atoms with Gasteiger partial charge >= 0.3 is 0 Å². The summed E-state index contributed by atoms with van der Waals surface area (Å²) in [6, 6.07) is 6.15. The number of anilines is 1. The largest absolute Gasteiger partial charge is 0.310 e. The molecule has 1 aliphatic heterocycles. The normalized spacial score (nSPS) is 19.8. The summed E-state index contributed by atoms with van der Waals surface area (Å²) in [7, 11) is 0. The lowest BCUT2D eigenvalue weighted by Gasteiger charge is -2.22. The number of aromatic nitrogens is 1. The molecule has 1 unspecified atom stereocenters. The van der Waals surface area contributed by atoms with Gasteiger partial charge in [0.15, 0.2) is 0 Å². The maximum atomic E-state index is 11.9. The molecule has 0 spiro atoms. The van der Waals surface area contributed by atoms with Crippen LogP contribution >= 0.6 is 11.6 Å². The van der Waals surface area contributed by atoms with E-state index in [4.69, 9.17) is 11.6 Å². The van der Waals surface area contributed by atoms with Crippen LogP contribution in [-0.2, 0) is 4.79 Å². The van der Waals surface area contributed by atoms with Crippen LogP contribution in [0.15, 0.2) is 30.6 Å². The Balaban J connectivity index is 2.13. The molecule has 0 saturated carbocycles. The van der Waals surface area contributed by atoms with E-state index in [9.17, 15) is 4.79 Å². The van der Waals surface area contributed by atoms with E-state index in [0.29, 0.717) is 11.4 Å². The predicted molar refractivity (Wildman–Crippen MR) is 72.9 cm³/mol. The third kappa shape index (κ3) is 1.75. The summed E-state index contributed by atoms with van der Waals surface area (Å²) in [6.45, 7) is 2.07. The first-order valence-corrected chi connectivity index (χ1v) is 6.40. The van der Waals surface area contributed by atoms with E-state index in [2.05, 4.69) is 11.9 Å². The van der Waals surface area contributed by atoms with Crippen LogP contribution in [0.4, 0.5) is 5.69 Å². The molecule has 1 atom stereocenters. The minimum Gasteiger partial charge on any atom is -0.310 e. The first kappa shape index (κ1) is 11.5. The number of carbonyl (C=O) groups is 1.